The second-order valence-corrected chi connectivity index (χ2v) is 7.41. The molecule has 0 saturated heterocycles. The first-order chi connectivity index (χ1) is 13.3. The average molecular weight is 412 g/mol. The van der Waals surface area contributed by atoms with Gasteiger partial charge in [0.05, 0.1) is 13.2 Å². The highest BCUT2D eigenvalue weighted by Gasteiger charge is 2.01. The van der Waals surface area contributed by atoms with Crippen LogP contribution in [-0.2, 0) is 11.2 Å². The molecule has 0 aliphatic carbocycles. The smallest absolute Gasteiger partial charge is 0.184 e. The molecular weight excluding hydrogens is 370 g/mol. The van der Waals surface area contributed by atoms with E-state index in [-0.39, 0.29) is 12.4 Å². The van der Waals surface area contributed by atoms with E-state index in [0.29, 0.717) is 18.9 Å². The van der Waals surface area contributed by atoms with Crippen LogP contribution in [0.2, 0.25) is 0 Å². The van der Waals surface area contributed by atoms with Gasteiger partial charge in [-0.25, -0.2) is 0 Å². The maximum Gasteiger partial charge on any atom is 0.184 e. The van der Waals surface area contributed by atoms with E-state index in [2.05, 4.69) is 6.92 Å². The van der Waals surface area contributed by atoms with E-state index in [1.807, 2.05) is 31.2 Å². The fourth-order valence-electron chi connectivity index (χ4n) is 3.25. The number of hydrogen-bond donors (Lipinski definition) is 1. The number of unbranched alkanes of at least 4 members (excludes halogenated alkanes) is 11. The lowest BCUT2D eigenvalue weighted by molar-refractivity contribution is 0.304. The van der Waals surface area contributed by atoms with Crippen molar-refractivity contribution in [1.29, 1.82) is 5.41 Å². The Hall–Kier alpha value is -1.22. The Morgan fingerprint density at radius 1 is 0.750 bits per heavy atom. The van der Waals surface area contributed by atoms with Crippen molar-refractivity contribution in [2.45, 2.75) is 97.3 Å². The van der Waals surface area contributed by atoms with Crippen molar-refractivity contribution in [3.05, 3.63) is 29.8 Å². The van der Waals surface area contributed by atoms with Gasteiger partial charge in [0.2, 0.25) is 0 Å². The fourth-order valence-corrected chi connectivity index (χ4v) is 3.25. The van der Waals surface area contributed by atoms with Crippen LogP contribution in [0.5, 0.6) is 5.75 Å². The lowest BCUT2D eigenvalue weighted by Gasteiger charge is -2.08. The van der Waals surface area contributed by atoms with Crippen LogP contribution in [0, 0.1) is 5.41 Å². The molecule has 4 heteroatoms. The maximum atomic E-state index is 7.69. The lowest BCUT2D eigenvalue weighted by Crippen LogP contribution is -2.06. The van der Waals surface area contributed by atoms with Crippen molar-refractivity contribution < 1.29 is 9.47 Å². The molecule has 1 aromatic rings. The summed E-state index contributed by atoms with van der Waals surface area (Å²) in [5, 5.41) is 7.69. The number of benzene rings is 1. The Kier molecular flexibility index (Phi) is 18.3. The third-order valence-electron chi connectivity index (χ3n) is 4.87. The number of ether oxygens (including phenoxy) is 2. The zero-order chi connectivity index (χ0) is 19.6. The largest absolute Gasteiger partial charge is 0.494 e. The quantitative estimate of drug-likeness (QED) is 0.162. The van der Waals surface area contributed by atoms with Gasteiger partial charge in [0.1, 0.15) is 5.75 Å². The van der Waals surface area contributed by atoms with E-state index < -0.39 is 0 Å². The number of rotatable bonds is 17. The molecule has 0 atom stereocenters. The minimum atomic E-state index is 0. The van der Waals surface area contributed by atoms with Gasteiger partial charge in [-0.1, -0.05) is 89.7 Å². The van der Waals surface area contributed by atoms with Gasteiger partial charge in [-0.3, -0.25) is 5.41 Å². The maximum absolute atomic E-state index is 7.69. The Bertz CT molecular complexity index is 476. The van der Waals surface area contributed by atoms with E-state index >= 15 is 0 Å². The average Bonchev–Trinajstić information content (AvgIpc) is 2.67. The molecule has 28 heavy (non-hydrogen) atoms. The molecule has 0 bridgehead atoms. The van der Waals surface area contributed by atoms with Gasteiger partial charge in [-0.15, -0.1) is 12.4 Å². The van der Waals surface area contributed by atoms with Crippen molar-refractivity contribution in [3.63, 3.8) is 0 Å². The summed E-state index contributed by atoms with van der Waals surface area (Å²) in [6, 6.07) is 8.03. The summed E-state index contributed by atoms with van der Waals surface area (Å²) in [6.07, 6.45) is 16.9. The minimum absolute atomic E-state index is 0. The number of nitrogens with one attached hydrogen (secondary N) is 1. The summed E-state index contributed by atoms with van der Waals surface area (Å²) in [6.45, 7) is 5.53. The second-order valence-electron chi connectivity index (χ2n) is 7.41. The molecule has 162 valence electrons. The highest BCUT2D eigenvalue weighted by atomic mass is 35.5. The first-order valence-corrected chi connectivity index (χ1v) is 11.2. The minimum Gasteiger partial charge on any atom is -0.494 e. The Morgan fingerprint density at radius 2 is 1.25 bits per heavy atom. The molecule has 0 fully saturated rings. The Labute approximate surface area is 179 Å². The predicted octanol–water partition coefficient (Wildman–Crippen LogP) is 7.74. The van der Waals surface area contributed by atoms with Gasteiger partial charge in [0.15, 0.2) is 5.90 Å². The molecule has 0 unspecified atom stereocenters. The van der Waals surface area contributed by atoms with E-state index in [1.165, 1.54) is 70.6 Å². The van der Waals surface area contributed by atoms with Gasteiger partial charge < -0.3 is 9.47 Å². The van der Waals surface area contributed by atoms with Gasteiger partial charge in [-0.2, -0.15) is 0 Å². The van der Waals surface area contributed by atoms with E-state index in [9.17, 15) is 0 Å². The summed E-state index contributed by atoms with van der Waals surface area (Å²) >= 11 is 0. The summed E-state index contributed by atoms with van der Waals surface area (Å²) in [5.74, 6) is 1.24. The highest BCUT2D eigenvalue weighted by molar-refractivity contribution is 5.85. The van der Waals surface area contributed by atoms with Crippen LogP contribution < -0.4 is 4.74 Å². The third-order valence-corrected chi connectivity index (χ3v) is 4.87. The summed E-state index contributed by atoms with van der Waals surface area (Å²) in [7, 11) is 0. The predicted molar refractivity (Wildman–Crippen MR) is 123 cm³/mol. The van der Waals surface area contributed by atoms with Crippen LogP contribution >= 0.6 is 12.4 Å². The number of halogens is 1. The first-order valence-electron chi connectivity index (χ1n) is 11.2. The Balaban J connectivity index is 0.00000729. The van der Waals surface area contributed by atoms with Crippen molar-refractivity contribution in [1.82, 2.24) is 0 Å². The zero-order valence-electron chi connectivity index (χ0n) is 18.1. The van der Waals surface area contributed by atoms with Gasteiger partial charge in [0, 0.05) is 6.42 Å². The van der Waals surface area contributed by atoms with Crippen LogP contribution in [0.3, 0.4) is 0 Å². The molecule has 0 saturated carbocycles. The SMILES string of the molecule is CCCCCCCCCCCCCCOc1ccc(CC(=N)OCC)cc1.Cl. The summed E-state index contributed by atoms with van der Waals surface area (Å²) in [5.41, 5.74) is 1.09. The second kappa shape index (κ2) is 19.1. The van der Waals surface area contributed by atoms with Crippen molar-refractivity contribution >= 4 is 18.3 Å². The standard InChI is InChI=1S/C24H41NO2.ClH/c1-3-5-6-7-8-9-10-11-12-13-14-15-20-27-23-18-16-22(17-19-23)21-24(25)26-4-2;/h16-19,25H,3-15,20-21H2,1-2H3;1H. The highest BCUT2D eigenvalue weighted by Crippen LogP contribution is 2.15. The molecule has 0 heterocycles. The van der Waals surface area contributed by atoms with E-state index in [4.69, 9.17) is 14.9 Å². The lowest BCUT2D eigenvalue weighted by atomic mass is 10.1. The zero-order valence-corrected chi connectivity index (χ0v) is 19.0. The molecule has 0 spiro atoms. The van der Waals surface area contributed by atoms with Gasteiger partial charge in [-0.05, 0) is 31.0 Å². The molecule has 0 amide bonds. The summed E-state index contributed by atoms with van der Waals surface area (Å²) in [4.78, 5) is 0. The van der Waals surface area contributed by atoms with Crippen LogP contribution in [0.1, 0.15) is 96.5 Å². The molecule has 1 aromatic carbocycles. The van der Waals surface area contributed by atoms with E-state index in [1.54, 1.807) is 0 Å². The molecule has 1 rings (SSSR count). The molecule has 0 aromatic heterocycles. The summed E-state index contributed by atoms with van der Waals surface area (Å²) < 4.78 is 11.0. The fraction of sp³-hybridized carbons (Fsp3) is 0.708. The third kappa shape index (κ3) is 14.8. The van der Waals surface area contributed by atoms with Crippen molar-refractivity contribution in [2.75, 3.05) is 13.2 Å². The molecule has 0 radical (unpaired) electrons. The van der Waals surface area contributed by atoms with Gasteiger partial charge >= 0.3 is 0 Å². The normalized spacial score (nSPS) is 10.4. The monoisotopic (exact) mass is 411 g/mol. The molecule has 0 aliphatic heterocycles. The van der Waals surface area contributed by atoms with E-state index in [0.717, 1.165) is 24.3 Å². The van der Waals surface area contributed by atoms with Crippen LogP contribution in [-0.4, -0.2) is 19.1 Å². The molecule has 3 nitrogen and oxygen atoms in total. The topological polar surface area (TPSA) is 42.3 Å². The first kappa shape index (κ1) is 26.8. The van der Waals surface area contributed by atoms with Crippen molar-refractivity contribution in [3.8, 4) is 5.75 Å². The van der Waals surface area contributed by atoms with Crippen LogP contribution in [0.15, 0.2) is 24.3 Å². The molecule has 1 N–H and O–H groups in total. The Morgan fingerprint density at radius 3 is 1.75 bits per heavy atom. The van der Waals surface area contributed by atoms with Gasteiger partial charge in [0.25, 0.3) is 0 Å². The van der Waals surface area contributed by atoms with Crippen LogP contribution in [0.4, 0.5) is 0 Å². The van der Waals surface area contributed by atoms with Crippen LogP contribution in [0.25, 0.3) is 0 Å². The molecule has 0 aliphatic rings. The molecular formula is C24H42ClNO2. The van der Waals surface area contributed by atoms with Crippen molar-refractivity contribution in [2.24, 2.45) is 0 Å². The number of hydrogen-bond acceptors (Lipinski definition) is 3.